The van der Waals surface area contributed by atoms with Gasteiger partial charge in [0.25, 0.3) is 0 Å². The van der Waals surface area contributed by atoms with Crippen molar-refractivity contribution >= 4 is 0 Å². The number of hydrogen-bond donors (Lipinski definition) is 2. The highest BCUT2D eigenvalue weighted by Gasteiger charge is 2.24. The number of ether oxygens (including phenoxy) is 1. The monoisotopic (exact) mass is 380 g/mol. The maximum Gasteiger partial charge on any atom is 0.122 e. The summed E-state index contributed by atoms with van der Waals surface area (Å²) in [4.78, 5) is 2.54. The number of rotatable bonds is 8. The normalized spacial score (nSPS) is 16.2. The van der Waals surface area contributed by atoms with Crippen LogP contribution < -0.4 is 10.1 Å². The van der Waals surface area contributed by atoms with Crippen molar-refractivity contribution in [2.24, 2.45) is 0 Å². The van der Waals surface area contributed by atoms with E-state index >= 15 is 0 Å². The molecule has 1 unspecified atom stereocenters. The summed E-state index contributed by atoms with van der Waals surface area (Å²) in [6.07, 6.45) is 7.52. The first-order chi connectivity index (χ1) is 13.8. The van der Waals surface area contributed by atoms with Gasteiger partial charge in [0, 0.05) is 24.2 Å². The standard InChI is InChI=1S/C22H28N4O2/c1-27-19-9-7-17(8-10-19)22-18(15-24-25-22)14-23-16-20(21-6-5-13-28-21)26-11-3-2-4-12-26/h5-10,13,15,20,23H,2-4,11-12,14,16H2,1H3,(H,24,25). The number of nitrogens with zero attached hydrogens (tertiary/aromatic N) is 2. The van der Waals surface area contributed by atoms with Crippen LogP contribution in [0.4, 0.5) is 0 Å². The zero-order valence-electron chi connectivity index (χ0n) is 16.4. The maximum atomic E-state index is 5.74. The first-order valence-electron chi connectivity index (χ1n) is 10.00. The topological polar surface area (TPSA) is 66.3 Å². The quantitative estimate of drug-likeness (QED) is 0.618. The molecule has 1 aliphatic rings. The molecule has 3 aromatic rings. The minimum absolute atomic E-state index is 0.270. The molecule has 4 rings (SSSR count). The van der Waals surface area contributed by atoms with Crippen LogP contribution in [0.15, 0.2) is 53.3 Å². The van der Waals surface area contributed by atoms with Gasteiger partial charge in [0.2, 0.25) is 0 Å². The van der Waals surface area contributed by atoms with E-state index in [0.29, 0.717) is 0 Å². The van der Waals surface area contributed by atoms with E-state index in [4.69, 9.17) is 9.15 Å². The number of furan rings is 1. The number of H-pyrrole nitrogens is 1. The lowest BCUT2D eigenvalue weighted by molar-refractivity contribution is 0.142. The molecule has 1 aromatic carbocycles. The van der Waals surface area contributed by atoms with Crippen LogP contribution in [0.25, 0.3) is 11.3 Å². The summed E-state index contributed by atoms with van der Waals surface area (Å²) in [5.74, 6) is 1.89. The Morgan fingerprint density at radius 1 is 1.18 bits per heavy atom. The first kappa shape index (κ1) is 18.8. The third-order valence-electron chi connectivity index (χ3n) is 5.45. The van der Waals surface area contributed by atoms with Crippen LogP contribution in [-0.2, 0) is 6.54 Å². The number of piperidine rings is 1. The molecular weight excluding hydrogens is 352 g/mol. The summed E-state index contributed by atoms with van der Waals surface area (Å²) < 4.78 is 11.0. The fourth-order valence-corrected chi connectivity index (χ4v) is 3.92. The molecule has 0 amide bonds. The van der Waals surface area contributed by atoms with Crippen LogP contribution in [0, 0.1) is 0 Å². The smallest absolute Gasteiger partial charge is 0.122 e. The fraction of sp³-hybridized carbons (Fsp3) is 0.409. The number of likely N-dealkylation sites (tertiary alicyclic amines) is 1. The summed E-state index contributed by atoms with van der Waals surface area (Å²) in [5.41, 5.74) is 3.30. The molecule has 6 nitrogen and oxygen atoms in total. The zero-order chi connectivity index (χ0) is 19.2. The van der Waals surface area contributed by atoms with Gasteiger partial charge in [0.05, 0.1) is 31.3 Å². The van der Waals surface area contributed by atoms with E-state index in [0.717, 1.165) is 54.5 Å². The molecule has 0 spiro atoms. The van der Waals surface area contributed by atoms with E-state index in [1.165, 1.54) is 19.3 Å². The van der Waals surface area contributed by atoms with Crippen LogP contribution >= 0.6 is 0 Å². The number of benzene rings is 1. The summed E-state index contributed by atoms with van der Waals surface area (Å²) in [5, 5.41) is 11.0. The van der Waals surface area contributed by atoms with Crippen LogP contribution in [0.3, 0.4) is 0 Å². The molecule has 0 aliphatic carbocycles. The van der Waals surface area contributed by atoms with Crippen LogP contribution in [0.2, 0.25) is 0 Å². The van der Waals surface area contributed by atoms with E-state index < -0.39 is 0 Å². The van der Waals surface area contributed by atoms with Crippen molar-refractivity contribution in [1.29, 1.82) is 0 Å². The van der Waals surface area contributed by atoms with Crippen molar-refractivity contribution in [3.63, 3.8) is 0 Å². The Morgan fingerprint density at radius 2 is 2.00 bits per heavy atom. The summed E-state index contributed by atoms with van der Waals surface area (Å²) >= 11 is 0. The predicted octanol–water partition coefficient (Wildman–Crippen LogP) is 4.00. The molecule has 3 heterocycles. The highest BCUT2D eigenvalue weighted by Crippen LogP contribution is 2.26. The molecule has 1 aliphatic heterocycles. The second-order valence-corrected chi connectivity index (χ2v) is 7.26. The number of hydrogen-bond acceptors (Lipinski definition) is 5. The van der Waals surface area contributed by atoms with E-state index in [2.05, 4.69) is 38.6 Å². The lowest BCUT2D eigenvalue weighted by Gasteiger charge is -2.33. The molecule has 148 valence electrons. The number of aromatic amines is 1. The summed E-state index contributed by atoms with van der Waals surface area (Å²) in [7, 11) is 1.68. The van der Waals surface area contributed by atoms with Crippen LogP contribution in [0.1, 0.15) is 36.6 Å². The SMILES string of the molecule is COc1ccc(-c2[nH]ncc2CNCC(c2ccco2)N2CCCCC2)cc1. The Balaban J connectivity index is 1.41. The molecule has 6 heteroatoms. The number of methoxy groups -OCH3 is 1. The third-order valence-corrected chi connectivity index (χ3v) is 5.45. The maximum absolute atomic E-state index is 5.74. The van der Waals surface area contributed by atoms with Crippen LogP contribution in [0.5, 0.6) is 5.75 Å². The van der Waals surface area contributed by atoms with E-state index in [1.807, 2.05) is 24.4 Å². The van der Waals surface area contributed by atoms with Crippen molar-refractivity contribution in [3.05, 3.63) is 60.2 Å². The lowest BCUT2D eigenvalue weighted by atomic mass is 10.1. The average Bonchev–Trinajstić information content (AvgIpc) is 3.44. The third kappa shape index (κ3) is 4.29. The lowest BCUT2D eigenvalue weighted by Crippen LogP contribution is -2.38. The Hall–Kier alpha value is -2.57. The Morgan fingerprint density at radius 3 is 2.71 bits per heavy atom. The fourth-order valence-electron chi connectivity index (χ4n) is 3.92. The van der Waals surface area contributed by atoms with Crippen molar-refractivity contribution in [1.82, 2.24) is 20.4 Å². The molecule has 0 radical (unpaired) electrons. The van der Waals surface area contributed by atoms with Gasteiger partial charge in [-0.25, -0.2) is 0 Å². The molecule has 1 atom stereocenters. The van der Waals surface area contributed by atoms with Crippen molar-refractivity contribution in [2.45, 2.75) is 31.8 Å². The van der Waals surface area contributed by atoms with Gasteiger partial charge in [-0.05, 0) is 62.3 Å². The minimum atomic E-state index is 0.270. The molecule has 2 aromatic heterocycles. The second-order valence-electron chi connectivity index (χ2n) is 7.26. The van der Waals surface area contributed by atoms with Crippen molar-refractivity contribution < 1.29 is 9.15 Å². The van der Waals surface area contributed by atoms with Gasteiger partial charge in [-0.15, -0.1) is 0 Å². The van der Waals surface area contributed by atoms with E-state index in [9.17, 15) is 0 Å². The van der Waals surface area contributed by atoms with Gasteiger partial charge in [-0.3, -0.25) is 10.00 Å². The van der Waals surface area contributed by atoms with Gasteiger partial charge >= 0.3 is 0 Å². The minimum Gasteiger partial charge on any atom is -0.497 e. The Bertz CT molecular complexity index is 836. The molecule has 0 saturated carbocycles. The molecule has 0 bridgehead atoms. The first-order valence-corrected chi connectivity index (χ1v) is 10.00. The average molecular weight is 380 g/mol. The molecular formula is C22H28N4O2. The molecule has 1 saturated heterocycles. The second kappa shape index (κ2) is 9.08. The predicted molar refractivity (Wildman–Crippen MR) is 109 cm³/mol. The molecule has 2 N–H and O–H groups in total. The number of aromatic nitrogens is 2. The van der Waals surface area contributed by atoms with Crippen molar-refractivity contribution in [2.75, 3.05) is 26.7 Å². The van der Waals surface area contributed by atoms with E-state index in [1.54, 1.807) is 13.4 Å². The number of nitrogens with one attached hydrogen (secondary N) is 2. The van der Waals surface area contributed by atoms with Gasteiger partial charge in [0.1, 0.15) is 11.5 Å². The molecule has 28 heavy (non-hydrogen) atoms. The molecule has 1 fully saturated rings. The highest BCUT2D eigenvalue weighted by molar-refractivity contribution is 5.63. The largest absolute Gasteiger partial charge is 0.497 e. The van der Waals surface area contributed by atoms with E-state index in [-0.39, 0.29) is 6.04 Å². The highest BCUT2D eigenvalue weighted by atomic mass is 16.5. The Kier molecular flexibility index (Phi) is 6.09. The van der Waals surface area contributed by atoms with Gasteiger partial charge in [-0.1, -0.05) is 6.42 Å². The van der Waals surface area contributed by atoms with Gasteiger partial charge in [0.15, 0.2) is 0 Å². The van der Waals surface area contributed by atoms with Gasteiger partial charge < -0.3 is 14.5 Å². The van der Waals surface area contributed by atoms with Crippen molar-refractivity contribution in [3.8, 4) is 17.0 Å². The Labute approximate surface area is 165 Å². The summed E-state index contributed by atoms with van der Waals surface area (Å²) in [6, 6.07) is 12.4. The summed E-state index contributed by atoms with van der Waals surface area (Å²) in [6.45, 7) is 3.87. The van der Waals surface area contributed by atoms with Gasteiger partial charge in [-0.2, -0.15) is 5.10 Å². The zero-order valence-corrected chi connectivity index (χ0v) is 16.4. The van der Waals surface area contributed by atoms with Crippen LogP contribution in [-0.4, -0.2) is 41.8 Å².